The minimum atomic E-state index is 0.705. The summed E-state index contributed by atoms with van der Waals surface area (Å²) in [6.07, 6.45) is 3.34. The molecule has 2 nitrogen and oxygen atoms in total. The molecule has 0 saturated carbocycles. The number of hydrogen-bond acceptors (Lipinski definition) is 2. The molecule has 0 bridgehead atoms. The average Bonchev–Trinajstić information content (AvgIpc) is 2.39. The number of rotatable bonds is 3. The molecule has 0 aromatic heterocycles. The van der Waals surface area contributed by atoms with Crippen molar-refractivity contribution in [3.63, 3.8) is 0 Å². The maximum atomic E-state index is 5.78. The van der Waals surface area contributed by atoms with Crippen LogP contribution in [0, 0.1) is 0 Å². The Morgan fingerprint density at radius 3 is 1.28 bits per heavy atom. The van der Waals surface area contributed by atoms with Crippen LogP contribution in [0.2, 0.25) is 10.0 Å². The quantitative estimate of drug-likeness (QED) is 0.585. The Hall–Kier alpha value is -1.64. The van der Waals surface area contributed by atoms with Gasteiger partial charge in [-0.2, -0.15) is 10.2 Å². The van der Waals surface area contributed by atoms with Crippen LogP contribution in [-0.4, -0.2) is 12.4 Å². The van der Waals surface area contributed by atoms with Gasteiger partial charge in [0.15, 0.2) is 0 Å². The Bertz CT molecular complexity index is 504. The standard InChI is InChI=1S/C14H10Cl2N2/c15-13-5-1-11(2-6-13)9-17-18-10-12-3-7-14(16)8-4-12/h1-10H/b17-9+,18-10+. The molecule has 0 amide bonds. The van der Waals surface area contributed by atoms with E-state index in [1.807, 2.05) is 48.5 Å². The summed E-state index contributed by atoms with van der Waals surface area (Å²) >= 11 is 11.6. The summed E-state index contributed by atoms with van der Waals surface area (Å²) in [6.45, 7) is 0. The van der Waals surface area contributed by atoms with Crippen molar-refractivity contribution >= 4 is 35.6 Å². The smallest absolute Gasteiger partial charge is 0.0568 e. The van der Waals surface area contributed by atoms with Crippen LogP contribution in [0.3, 0.4) is 0 Å². The molecule has 4 heteroatoms. The van der Waals surface area contributed by atoms with E-state index in [4.69, 9.17) is 23.2 Å². The molecular weight excluding hydrogens is 267 g/mol. The van der Waals surface area contributed by atoms with Gasteiger partial charge in [-0.25, -0.2) is 0 Å². The van der Waals surface area contributed by atoms with Gasteiger partial charge in [0.25, 0.3) is 0 Å². The van der Waals surface area contributed by atoms with Gasteiger partial charge in [0, 0.05) is 10.0 Å². The predicted octanol–water partition coefficient (Wildman–Crippen LogP) is 4.45. The van der Waals surface area contributed by atoms with Crippen LogP contribution < -0.4 is 0 Å². The lowest BCUT2D eigenvalue weighted by Crippen LogP contribution is -1.80. The monoisotopic (exact) mass is 276 g/mol. The van der Waals surface area contributed by atoms with Crippen molar-refractivity contribution in [3.05, 3.63) is 69.7 Å². The summed E-state index contributed by atoms with van der Waals surface area (Å²) < 4.78 is 0. The van der Waals surface area contributed by atoms with Gasteiger partial charge >= 0.3 is 0 Å². The summed E-state index contributed by atoms with van der Waals surface area (Å²) in [4.78, 5) is 0. The highest BCUT2D eigenvalue weighted by molar-refractivity contribution is 6.30. The lowest BCUT2D eigenvalue weighted by atomic mass is 10.2. The van der Waals surface area contributed by atoms with Crippen molar-refractivity contribution in [3.8, 4) is 0 Å². The molecule has 0 spiro atoms. The number of benzene rings is 2. The van der Waals surface area contributed by atoms with Crippen LogP contribution in [0.5, 0.6) is 0 Å². The molecule has 2 rings (SSSR count). The first-order valence-corrected chi connectivity index (χ1v) is 6.07. The number of hydrogen-bond donors (Lipinski definition) is 0. The van der Waals surface area contributed by atoms with Crippen molar-refractivity contribution < 1.29 is 0 Å². The third kappa shape index (κ3) is 3.99. The Balaban J connectivity index is 1.98. The third-order valence-corrected chi connectivity index (χ3v) is 2.72. The second-order valence-corrected chi connectivity index (χ2v) is 4.47. The minimum Gasteiger partial charge on any atom is -0.159 e. The lowest BCUT2D eigenvalue weighted by Gasteiger charge is -1.92. The minimum absolute atomic E-state index is 0.705. The Kier molecular flexibility index (Phi) is 4.51. The maximum Gasteiger partial charge on any atom is 0.0568 e. The first-order chi connectivity index (χ1) is 8.74. The molecule has 0 aliphatic heterocycles. The van der Waals surface area contributed by atoms with Crippen LogP contribution in [0.4, 0.5) is 0 Å². The molecule has 90 valence electrons. The van der Waals surface area contributed by atoms with E-state index in [0.717, 1.165) is 11.1 Å². The second-order valence-electron chi connectivity index (χ2n) is 3.59. The summed E-state index contributed by atoms with van der Waals surface area (Å²) in [5.74, 6) is 0. The molecule has 2 aromatic carbocycles. The molecule has 0 saturated heterocycles. The zero-order valence-electron chi connectivity index (χ0n) is 9.42. The fourth-order valence-electron chi connectivity index (χ4n) is 1.30. The lowest BCUT2D eigenvalue weighted by molar-refractivity contribution is 1.26. The van der Waals surface area contributed by atoms with E-state index in [1.165, 1.54) is 0 Å². The van der Waals surface area contributed by atoms with Crippen molar-refractivity contribution in [1.82, 2.24) is 0 Å². The fourth-order valence-corrected chi connectivity index (χ4v) is 1.55. The van der Waals surface area contributed by atoms with E-state index in [-0.39, 0.29) is 0 Å². The number of halogens is 2. The fraction of sp³-hybridized carbons (Fsp3) is 0. The molecule has 0 fully saturated rings. The summed E-state index contributed by atoms with van der Waals surface area (Å²) in [5.41, 5.74) is 1.90. The largest absolute Gasteiger partial charge is 0.159 e. The molecule has 18 heavy (non-hydrogen) atoms. The summed E-state index contributed by atoms with van der Waals surface area (Å²) in [6, 6.07) is 14.8. The first kappa shape index (κ1) is 12.8. The van der Waals surface area contributed by atoms with Crippen LogP contribution >= 0.6 is 23.2 Å². The highest BCUT2D eigenvalue weighted by Gasteiger charge is 1.89. The Morgan fingerprint density at radius 1 is 0.611 bits per heavy atom. The third-order valence-electron chi connectivity index (χ3n) is 2.22. The summed E-state index contributed by atoms with van der Waals surface area (Å²) in [7, 11) is 0. The van der Waals surface area contributed by atoms with Gasteiger partial charge in [0.1, 0.15) is 0 Å². The molecule has 0 atom stereocenters. The van der Waals surface area contributed by atoms with Gasteiger partial charge in [-0.15, -0.1) is 0 Å². The molecule has 0 aliphatic rings. The van der Waals surface area contributed by atoms with Gasteiger partial charge in [-0.1, -0.05) is 47.5 Å². The van der Waals surface area contributed by atoms with E-state index in [2.05, 4.69) is 10.2 Å². The van der Waals surface area contributed by atoms with Crippen LogP contribution in [-0.2, 0) is 0 Å². The predicted molar refractivity (Wildman–Crippen MR) is 78.1 cm³/mol. The molecule has 0 radical (unpaired) electrons. The molecule has 0 aliphatic carbocycles. The van der Waals surface area contributed by atoms with Crippen molar-refractivity contribution in [2.24, 2.45) is 10.2 Å². The summed E-state index contributed by atoms with van der Waals surface area (Å²) in [5, 5.41) is 9.33. The van der Waals surface area contributed by atoms with E-state index in [9.17, 15) is 0 Å². The van der Waals surface area contributed by atoms with Crippen molar-refractivity contribution in [2.45, 2.75) is 0 Å². The van der Waals surface area contributed by atoms with Gasteiger partial charge in [0.05, 0.1) is 12.4 Å². The van der Waals surface area contributed by atoms with E-state index in [0.29, 0.717) is 10.0 Å². The average molecular weight is 277 g/mol. The zero-order valence-corrected chi connectivity index (χ0v) is 10.9. The van der Waals surface area contributed by atoms with Gasteiger partial charge < -0.3 is 0 Å². The van der Waals surface area contributed by atoms with E-state index in [1.54, 1.807) is 12.4 Å². The highest BCUT2D eigenvalue weighted by atomic mass is 35.5. The van der Waals surface area contributed by atoms with E-state index < -0.39 is 0 Å². The van der Waals surface area contributed by atoms with Crippen molar-refractivity contribution in [1.29, 1.82) is 0 Å². The Labute approximate surface area is 116 Å². The number of nitrogens with zero attached hydrogens (tertiary/aromatic N) is 2. The normalized spacial score (nSPS) is 11.4. The second kappa shape index (κ2) is 6.34. The van der Waals surface area contributed by atoms with Crippen LogP contribution in [0.25, 0.3) is 0 Å². The molecule has 0 N–H and O–H groups in total. The van der Waals surface area contributed by atoms with E-state index >= 15 is 0 Å². The van der Waals surface area contributed by atoms with Gasteiger partial charge in [-0.05, 0) is 35.4 Å². The molecular formula is C14H10Cl2N2. The van der Waals surface area contributed by atoms with Crippen LogP contribution in [0.15, 0.2) is 58.7 Å². The highest BCUT2D eigenvalue weighted by Crippen LogP contribution is 2.09. The zero-order chi connectivity index (χ0) is 12.8. The molecule has 0 heterocycles. The first-order valence-electron chi connectivity index (χ1n) is 5.31. The van der Waals surface area contributed by atoms with Crippen molar-refractivity contribution in [2.75, 3.05) is 0 Å². The van der Waals surface area contributed by atoms with Gasteiger partial charge in [0.2, 0.25) is 0 Å². The van der Waals surface area contributed by atoms with Gasteiger partial charge in [-0.3, -0.25) is 0 Å². The van der Waals surface area contributed by atoms with Crippen LogP contribution in [0.1, 0.15) is 11.1 Å². The molecule has 2 aromatic rings. The maximum absolute atomic E-state index is 5.78. The topological polar surface area (TPSA) is 24.7 Å². The Morgan fingerprint density at radius 2 is 0.944 bits per heavy atom. The SMILES string of the molecule is Clc1ccc(/C=N/N=C/c2ccc(Cl)cc2)cc1. The molecule has 0 unspecified atom stereocenters.